The van der Waals surface area contributed by atoms with E-state index in [1.54, 1.807) is 0 Å². The van der Waals surface area contributed by atoms with Gasteiger partial charge in [0, 0.05) is 12.4 Å². The maximum atomic E-state index is 10.2. The fourth-order valence-electron chi connectivity index (χ4n) is 3.62. The number of ether oxygens (including phenoxy) is 1. The van der Waals surface area contributed by atoms with E-state index in [-0.39, 0.29) is 23.9 Å². The number of nitrogens with two attached hydrogens (primary N) is 1. The summed E-state index contributed by atoms with van der Waals surface area (Å²) in [5, 5.41) is 12.9. The number of carbonyl (C=O) groups is 1. The third kappa shape index (κ3) is 15.8. The second-order valence-electron chi connectivity index (χ2n) is 8.81. The molecule has 1 heterocycles. The number of imidazole rings is 1. The summed E-state index contributed by atoms with van der Waals surface area (Å²) in [7, 11) is 0. The van der Waals surface area contributed by atoms with Crippen LogP contribution >= 0.6 is 12.2 Å². The molecule has 0 spiro atoms. The first-order valence-corrected chi connectivity index (χ1v) is 13.6. The highest BCUT2D eigenvalue weighted by atomic mass is 32.1. The van der Waals surface area contributed by atoms with Crippen molar-refractivity contribution in [2.45, 2.75) is 104 Å². The van der Waals surface area contributed by atoms with Gasteiger partial charge >= 0.3 is 6.01 Å². The van der Waals surface area contributed by atoms with Gasteiger partial charge in [0.1, 0.15) is 0 Å². The molecule has 0 fully saturated rings. The maximum Gasteiger partial charge on any atom is 0.300 e. The molecule has 0 aliphatic heterocycles. The van der Waals surface area contributed by atoms with Crippen molar-refractivity contribution in [2.75, 3.05) is 13.1 Å². The highest BCUT2D eigenvalue weighted by Gasteiger charge is 2.06. The fraction of sp³-hybridized carbons (Fsp3) is 0.667. The summed E-state index contributed by atoms with van der Waals surface area (Å²) in [6.07, 6.45) is 17.2. The summed E-state index contributed by atoms with van der Waals surface area (Å²) in [4.78, 5) is 17.3. The fourth-order valence-corrected chi connectivity index (χ4v) is 3.80. The van der Waals surface area contributed by atoms with Crippen LogP contribution in [-0.4, -0.2) is 34.1 Å². The summed E-state index contributed by atoms with van der Waals surface area (Å²) in [5.74, 6) is -1.15. The van der Waals surface area contributed by atoms with Crippen LogP contribution in [0.2, 0.25) is 0 Å². The zero-order valence-corrected chi connectivity index (χ0v) is 22.1. The second-order valence-corrected chi connectivity index (χ2v) is 9.26. The van der Waals surface area contributed by atoms with Crippen molar-refractivity contribution in [1.29, 1.82) is 0 Å². The molecule has 6 nitrogen and oxygen atoms in total. The van der Waals surface area contributed by atoms with Crippen LogP contribution in [0.4, 0.5) is 0 Å². The van der Waals surface area contributed by atoms with E-state index in [2.05, 4.69) is 29.1 Å². The number of carbonyl (C=O) groups excluding carboxylic acids is 1. The minimum atomic E-state index is -1.15. The number of aromatic amines is 1. The number of fused-ring (bicyclic) bond motifs is 1. The van der Waals surface area contributed by atoms with Crippen LogP contribution in [0, 0.1) is 0 Å². The second kappa shape index (κ2) is 20.4. The first kappa shape index (κ1) is 30.0. The van der Waals surface area contributed by atoms with Crippen molar-refractivity contribution in [2.24, 2.45) is 0 Å². The summed E-state index contributed by atoms with van der Waals surface area (Å²) < 4.78 is 5.22. The lowest BCUT2D eigenvalue weighted by molar-refractivity contribution is -0.655. The van der Waals surface area contributed by atoms with Gasteiger partial charge in [-0.25, -0.2) is 0 Å². The zero-order chi connectivity index (χ0) is 24.9. The Morgan fingerprint density at radius 2 is 1.47 bits per heavy atom. The standard InChI is InChI=1S/C16H35N.C11H10N2O3S/c1-3-5-7-9-11-13-15-17-16-14-12-10-8-6-4-2;14-9(15)5-6-10(17)16-11-12-7-3-1-2-4-8(7)13-11/h17H,3-16H2,1-2H3;1-4H,5-6H2,(H,12,13)(H,14,15). The largest absolute Gasteiger partial charge is 0.550 e. The summed E-state index contributed by atoms with van der Waals surface area (Å²) in [6, 6.07) is 7.71. The molecule has 0 saturated carbocycles. The number of H-pyrrole nitrogens is 1. The number of benzene rings is 1. The molecule has 2 rings (SSSR count). The monoisotopic (exact) mass is 491 g/mol. The van der Waals surface area contributed by atoms with Crippen LogP contribution in [-0.2, 0) is 4.79 Å². The van der Waals surface area contributed by atoms with E-state index in [0.29, 0.717) is 0 Å². The number of unbranched alkanes of at least 4 members (excludes halogenated alkanes) is 10. The molecule has 0 amide bonds. The van der Waals surface area contributed by atoms with E-state index in [0.717, 1.165) is 11.0 Å². The average Bonchev–Trinajstić information content (AvgIpc) is 3.23. The molecule has 0 aliphatic rings. The van der Waals surface area contributed by atoms with Gasteiger partial charge in [-0.1, -0.05) is 77.3 Å². The first-order chi connectivity index (χ1) is 16.6. The summed E-state index contributed by atoms with van der Waals surface area (Å²) in [6.45, 7) is 7.30. The zero-order valence-electron chi connectivity index (χ0n) is 21.3. The molecule has 0 radical (unpaired) electrons. The molecule has 0 aliphatic carbocycles. The lowest BCUT2D eigenvalue weighted by Crippen LogP contribution is -2.84. The van der Waals surface area contributed by atoms with Crippen LogP contribution < -0.4 is 15.2 Å². The highest BCUT2D eigenvalue weighted by Crippen LogP contribution is 2.15. The number of nitrogens with zero attached hydrogens (tertiary/aromatic N) is 1. The predicted octanol–water partition coefficient (Wildman–Crippen LogP) is 5.07. The van der Waals surface area contributed by atoms with Crippen molar-refractivity contribution in [3.05, 3.63) is 24.3 Å². The Morgan fingerprint density at radius 3 is 2.03 bits per heavy atom. The number of carboxylic acid groups (broad SMARTS) is 1. The Labute approximate surface area is 211 Å². The Bertz CT molecular complexity index is 747. The molecular formula is C27H45N3O3S. The van der Waals surface area contributed by atoms with Crippen molar-refractivity contribution < 1.29 is 20.0 Å². The van der Waals surface area contributed by atoms with Crippen molar-refractivity contribution >= 4 is 34.3 Å². The smallest absolute Gasteiger partial charge is 0.300 e. The molecule has 3 N–H and O–H groups in total. The Morgan fingerprint density at radius 1 is 0.912 bits per heavy atom. The maximum absolute atomic E-state index is 10.2. The highest BCUT2D eigenvalue weighted by molar-refractivity contribution is 7.80. The normalized spacial score (nSPS) is 10.6. The van der Waals surface area contributed by atoms with Crippen molar-refractivity contribution in [3.8, 4) is 6.01 Å². The van der Waals surface area contributed by atoms with Gasteiger partial charge in [0.05, 0.1) is 24.1 Å². The SMILES string of the molecule is CCCCCCCC[NH2+]CCCCCCCC.O=C([O-])CCC(=S)Oc1nc2ccccc2[nH]1. The van der Waals surface area contributed by atoms with Gasteiger partial charge in [-0.05, 0) is 56.5 Å². The molecular weight excluding hydrogens is 446 g/mol. The molecule has 0 saturated heterocycles. The minimum Gasteiger partial charge on any atom is -0.550 e. The molecule has 34 heavy (non-hydrogen) atoms. The third-order valence-corrected chi connectivity index (χ3v) is 5.92. The molecule has 0 unspecified atom stereocenters. The number of hydrogen-bond acceptors (Lipinski definition) is 5. The van der Waals surface area contributed by atoms with Crippen LogP contribution in [0.3, 0.4) is 0 Å². The first-order valence-electron chi connectivity index (χ1n) is 13.2. The number of aromatic nitrogens is 2. The van der Waals surface area contributed by atoms with Gasteiger partial charge in [0.25, 0.3) is 0 Å². The molecule has 7 heteroatoms. The van der Waals surface area contributed by atoms with Crippen LogP contribution in [0.1, 0.15) is 104 Å². The lowest BCUT2D eigenvalue weighted by Gasteiger charge is -2.03. The summed E-state index contributed by atoms with van der Waals surface area (Å²) >= 11 is 4.89. The quantitative estimate of drug-likeness (QED) is 0.224. The molecule has 192 valence electrons. The molecule has 1 aromatic carbocycles. The van der Waals surface area contributed by atoms with E-state index < -0.39 is 5.97 Å². The van der Waals surface area contributed by atoms with Gasteiger partial charge in [-0.15, -0.1) is 0 Å². The Balaban J connectivity index is 0.000000340. The van der Waals surface area contributed by atoms with E-state index >= 15 is 0 Å². The van der Waals surface area contributed by atoms with E-state index in [1.807, 2.05) is 24.3 Å². The van der Waals surface area contributed by atoms with Gasteiger partial charge in [0.15, 0.2) is 5.05 Å². The number of hydrogen-bond donors (Lipinski definition) is 2. The molecule has 0 bridgehead atoms. The number of quaternary nitrogens is 1. The van der Waals surface area contributed by atoms with Gasteiger partial charge in [-0.2, -0.15) is 4.98 Å². The minimum absolute atomic E-state index is 0.134. The van der Waals surface area contributed by atoms with Gasteiger partial charge in [-0.3, -0.25) is 0 Å². The molecule has 0 atom stereocenters. The molecule has 1 aromatic heterocycles. The number of aliphatic carboxylic acids is 1. The average molecular weight is 492 g/mol. The lowest BCUT2D eigenvalue weighted by atomic mass is 10.1. The van der Waals surface area contributed by atoms with E-state index in [9.17, 15) is 9.90 Å². The van der Waals surface area contributed by atoms with Crippen LogP contribution in [0.15, 0.2) is 24.3 Å². The number of carboxylic acids is 1. The Kier molecular flexibility index (Phi) is 18.0. The van der Waals surface area contributed by atoms with Crippen molar-refractivity contribution in [3.63, 3.8) is 0 Å². The number of nitrogens with one attached hydrogen (secondary N) is 1. The van der Waals surface area contributed by atoms with Crippen LogP contribution in [0.25, 0.3) is 11.0 Å². The Hall–Kier alpha value is -1.99. The molecule has 2 aromatic rings. The summed E-state index contributed by atoms with van der Waals surface area (Å²) in [5.41, 5.74) is 1.61. The topological polar surface area (TPSA) is 94.7 Å². The van der Waals surface area contributed by atoms with Gasteiger partial charge in [0.2, 0.25) is 0 Å². The number of thiocarbonyl (C=S) groups is 1. The predicted molar refractivity (Wildman–Crippen MR) is 142 cm³/mol. The number of rotatable bonds is 18. The van der Waals surface area contributed by atoms with E-state index in [4.69, 9.17) is 17.0 Å². The third-order valence-electron chi connectivity index (χ3n) is 5.64. The van der Waals surface area contributed by atoms with E-state index in [1.165, 1.54) is 90.1 Å². The van der Waals surface area contributed by atoms with Gasteiger partial charge < -0.3 is 24.9 Å². The van der Waals surface area contributed by atoms with Crippen molar-refractivity contribution in [1.82, 2.24) is 9.97 Å². The number of para-hydroxylation sites is 2. The van der Waals surface area contributed by atoms with Crippen LogP contribution in [0.5, 0.6) is 6.01 Å².